The van der Waals surface area contributed by atoms with Crippen LogP contribution in [0.1, 0.15) is 54.2 Å². The molecule has 7 aromatic rings. The molecule has 0 saturated heterocycles. The Morgan fingerprint density at radius 1 is 0.534 bits per heavy atom. The Hall–Kier alpha value is -7.42. The largest absolute Gasteiger partial charge is 0.453 e. The van der Waals surface area contributed by atoms with E-state index >= 15 is 8.78 Å². The normalized spacial score (nSPS) is 16.7. The summed E-state index contributed by atoms with van der Waals surface area (Å²) in [5.74, 6) is 1.16. The van der Waals surface area contributed by atoms with Crippen molar-refractivity contribution in [2.24, 2.45) is 0 Å². The lowest BCUT2D eigenvalue weighted by molar-refractivity contribution is 0.360. The zero-order valence-corrected chi connectivity index (χ0v) is 31.0. The van der Waals surface area contributed by atoms with E-state index in [1.54, 1.807) is 12.1 Å². The fourth-order valence-corrected chi connectivity index (χ4v) is 9.58. The lowest BCUT2D eigenvalue weighted by atomic mass is 9.65. The van der Waals surface area contributed by atoms with E-state index in [1.807, 2.05) is 107 Å². The van der Waals surface area contributed by atoms with Crippen molar-refractivity contribution in [3.63, 3.8) is 0 Å². The van der Waals surface area contributed by atoms with Crippen LogP contribution in [0.15, 0.2) is 133 Å². The summed E-state index contributed by atoms with van der Waals surface area (Å²) in [7, 11) is 0. The summed E-state index contributed by atoms with van der Waals surface area (Å²) in [6.45, 7) is 8.91. The minimum Gasteiger partial charge on any atom is -0.453 e. The molecule has 0 spiro atoms. The molecule has 1 fully saturated rings. The maximum atomic E-state index is 15.5. The number of rotatable bonds is 4. The first-order valence-corrected chi connectivity index (χ1v) is 19.4. The highest BCUT2D eigenvalue weighted by atomic mass is 19.1. The number of halogens is 2. The van der Waals surface area contributed by atoms with Crippen molar-refractivity contribution < 1.29 is 18.3 Å². The second-order valence-electron chi connectivity index (χ2n) is 15.2. The van der Waals surface area contributed by atoms with E-state index in [4.69, 9.17) is 16.0 Å². The van der Waals surface area contributed by atoms with Crippen molar-refractivity contribution in [3.05, 3.63) is 173 Å². The molecule has 0 unspecified atom stereocenters. The van der Waals surface area contributed by atoms with Crippen LogP contribution < -0.4 is 19.3 Å². The van der Waals surface area contributed by atoms with Crippen molar-refractivity contribution in [2.45, 2.75) is 37.5 Å². The predicted molar refractivity (Wildman–Crippen MR) is 222 cm³/mol. The highest BCUT2D eigenvalue weighted by Crippen LogP contribution is 2.65. The van der Waals surface area contributed by atoms with E-state index in [0.717, 1.165) is 59.1 Å². The van der Waals surface area contributed by atoms with Crippen LogP contribution in [-0.2, 0) is 0 Å². The number of fused-ring (bicyclic) bond motifs is 6. The molecule has 2 aliphatic heterocycles. The molecule has 2 bridgehead atoms. The van der Waals surface area contributed by atoms with Crippen LogP contribution in [0.3, 0.4) is 0 Å². The Morgan fingerprint density at radius 2 is 0.948 bits per heavy atom. The smallest absolute Gasteiger partial charge is 0.230 e. The van der Waals surface area contributed by atoms with E-state index < -0.39 is 11.6 Å². The predicted octanol–water partition coefficient (Wildman–Crippen LogP) is 14.6. The van der Waals surface area contributed by atoms with Gasteiger partial charge in [-0.1, -0.05) is 72.8 Å². The Morgan fingerprint density at radius 3 is 1.40 bits per heavy atom. The molecule has 5 aliphatic rings. The fourth-order valence-electron chi connectivity index (χ4n) is 9.58. The van der Waals surface area contributed by atoms with Crippen molar-refractivity contribution >= 4 is 39.8 Å². The Bertz CT molecular complexity index is 2730. The zero-order chi connectivity index (χ0) is 39.1. The van der Waals surface area contributed by atoms with Gasteiger partial charge in [0.05, 0.1) is 52.3 Å². The first kappa shape index (κ1) is 33.9. The van der Waals surface area contributed by atoms with Gasteiger partial charge in [0.25, 0.3) is 0 Å². The number of hydrogen-bond donors (Lipinski definition) is 0. The number of nitrogens with zero attached hydrogens (tertiary/aromatic N) is 4. The maximum absolute atomic E-state index is 15.5. The topological polar surface area (TPSA) is 53.1 Å². The minimum absolute atomic E-state index is 0.0457. The molecular formula is C50H32F2N4O2. The van der Waals surface area contributed by atoms with Crippen molar-refractivity contribution in [3.8, 4) is 51.3 Å². The molecule has 58 heavy (non-hydrogen) atoms. The van der Waals surface area contributed by atoms with E-state index in [1.165, 1.54) is 24.3 Å². The molecule has 0 atom stereocenters. The molecular weight excluding hydrogens is 727 g/mol. The molecule has 278 valence electrons. The van der Waals surface area contributed by atoms with Crippen LogP contribution in [0.4, 0.5) is 48.6 Å². The van der Waals surface area contributed by atoms with E-state index in [0.29, 0.717) is 57.1 Å². The van der Waals surface area contributed by atoms with Gasteiger partial charge in [0, 0.05) is 12.1 Å². The third-order valence-corrected chi connectivity index (χ3v) is 12.1. The SMILES string of the molecule is [C-]#[N+]c1c(C#N)c(N2c3cc(F)ccc3Oc3ccc(-c4ccccc4)cc32)c2c(c1N1c3cc(F)ccc3Oc3ccc(-c4ccccc4)cc31)C1CCC2CC1. The summed E-state index contributed by atoms with van der Waals surface area (Å²) in [5.41, 5.74) is 9.32. The van der Waals surface area contributed by atoms with Gasteiger partial charge in [0.15, 0.2) is 23.0 Å². The van der Waals surface area contributed by atoms with E-state index in [2.05, 4.69) is 10.9 Å². The Labute approximate surface area is 334 Å². The first-order chi connectivity index (χ1) is 28.5. The van der Waals surface area contributed by atoms with Crippen LogP contribution in [-0.4, -0.2) is 0 Å². The van der Waals surface area contributed by atoms with Gasteiger partial charge in [-0.3, -0.25) is 0 Å². The third kappa shape index (κ3) is 5.12. The van der Waals surface area contributed by atoms with Crippen LogP contribution in [0.25, 0.3) is 27.1 Å². The Balaban J connectivity index is 1.24. The second kappa shape index (κ2) is 13.1. The van der Waals surface area contributed by atoms with Crippen LogP contribution in [0, 0.1) is 29.5 Å². The molecule has 3 aliphatic carbocycles. The molecule has 0 aromatic heterocycles. The fraction of sp³-hybridized carbons (Fsp3) is 0.120. The zero-order valence-electron chi connectivity index (χ0n) is 31.0. The van der Waals surface area contributed by atoms with Crippen molar-refractivity contribution in [1.82, 2.24) is 0 Å². The monoisotopic (exact) mass is 758 g/mol. The summed E-state index contributed by atoms with van der Waals surface area (Å²) in [4.78, 5) is 8.13. The molecule has 0 amide bonds. The van der Waals surface area contributed by atoms with Gasteiger partial charge in [-0.05, 0) is 119 Å². The molecule has 0 N–H and O–H groups in total. The van der Waals surface area contributed by atoms with Crippen molar-refractivity contribution in [2.75, 3.05) is 9.80 Å². The quantitative estimate of drug-likeness (QED) is 0.167. The Kier molecular flexibility index (Phi) is 7.64. The average molecular weight is 759 g/mol. The number of ether oxygens (including phenoxy) is 2. The van der Waals surface area contributed by atoms with Crippen LogP contribution in [0.5, 0.6) is 23.0 Å². The van der Waals surface area contributed by atoms with Crippen LogP contribution in [0.2, 0.25) is 0 Å². The first-order valence-electron chi connectivity index (χ1n) is 19.4. The van der Waals surface area contributed by atoms with Crippen molar-refractivity contribution in [1.29, 1.82) is 5.26 Å². The summed E-state index contributed by atoms with van der Waals surface area (Å²) < 4.78 is 43.8. The lowest BCUT2D eigenvalue weighted by Gasteiger charge is -2.46. The summed E-state index contributed by atoms with van der Waals surface area (Å²) in [5, 5.41) is 11.4. The molecule has 2 heterocycles. The highest BCUT2D eigenvalue weighted by molar-refractivity contribution is 6.03. The number of anilines is 6. The summed E-state index contributed by atoms with van der Waals surface area (Å²) in [6.07, 6.45) is 3.58. The molecule has 8 heteroatoms. The molecule has 6 nitrogen and oxygen atoms in total. The van der Waals surface area contributed by atoms with E-state index in [9.17, 15) is 5.26 Å². The second-order valence-corrected chi connectivity index (χ2v) is 15.2. The standard InChI is InChI=1S/C50H32F2N4O2/c1-54-48-37(28-53)49(55-38-24-33(29-8-4-2-5-9-29)16-20-42(38)57-44-22-18-35(51)26-40(44)55)46-31-12-14-32(15-13-31)47(46)50(48)56-39-25-34(30-10-6-3-7-11-30)17-21-43(39)58-45-23-19-36(52)27-41(45)56/h2-11,16-27,31-32H,12-15H2. The van der Waals surface area contributed by atoms with Gasteiger partial charge in [-0.25, -0.2) is 13.6 Å². The van der Waals surface area contributed by atoms with Gasteiger partial charge >= 0.3 is 0 Å². The molecule has 0 radical (unpaired) electrons. The molecule has 12 rings (SSSR count). The van der Waals surface area contributed by atoms with Gasteiger partial charge in [-0.15, -0.1) is 0 Å². The lowest BCUT2D eigenvalue weighted by Crippen LogP contribution is -2.29. The van der Waals surface area contributed by atoms with Crippen LogP contribution >= 0.6 is 0 Å². The number of benzene rings is 7. The van der Waals surface area contributed by atoms with Gasteiger partial charge in [-0.2, -0.15) is 5.26 Å². The summed E-state index contributed by atoms with van der Waals surface area (Å²) >= 11 is 0. The van der Waals surface area contributed by atoms with Gasteiger partial charge in [0.1, 0.15) is 11.6 Å². The summed E-state index contributed by atoms with van der Waals surface area (Å²) in [6, 6.07) is 43.1. The molecule has 7 aromatic carbocycles. The van der Waals surface area contributed by atoms with Gasteiger partial charge < -0.3 is 19.3 Å². The maximum Gasteiger partial charge on any atom is 0.230 e. The molecule has 1 saturated carbocycles. The minimum atomic E-state index is -0.455. The van der Waals surface area contributed by atoms with Gasteiger partial charge in [0.2, 0.25) is 5.69 Å². The average Bonchev–Trinajstić information content (AvgIpc) is 3.27. The number of hydrogen-bond acceptors (Lipinski definition) is 5. The number of nitriles is 1. The third-order valence-electron chi connectivity index (χ3n) is 12.1. The highest BCUT2D eigenvalue weighted by Gasteiger charge is 2.45. The van der Waals surface area contributed by atoms with E-state index in [-0.39, 0.29) is 23.1 Å².